The molecule has 0 aromatic carbocycles. The minimum Gasteiger partial charge on any atom is -2.00 e. The molecule has 5 heavy (non-hydrogen) atoms. The Morgan fingerprint density at radius 3 is 0.600 bits per heavy atom. The molecule has 0 unspecified atom stereocenters. The summed E-state index contributed by atoms with van der Waals surface area (Å²) < 4.78 is 0. The predicted octanol–water partition coefficient (Wildman–Crippen LogP) is -0.740. The molecule has 29 valence electrons. The summed E-state index contributed by atoms with van der Waals surface area (Å²) in [5.74, 6) is 0. The summed E-state index contributed by atoms with van der Waals surface area (Å²) in [6, 6.07) is 0. The van der Waals surface area contributed by atoms with E-state index in [9.17, 15) is 0 Å². The Kier molecular flexibility index (Phi) is 2920. The molecular weight excluding hydrogens is 131 g/mol. The molecule has 0 aromatic rings. The zero-order valence-corrected chi connectivity index (χ0v) is 4.41. The minimum atomic E-state index is 0. The Bertz CT molecular complexity index is 6.85. The van der Waals surface area contributed by atoms with Crippen LogP contribution in [0.1, 0.15) is 0 Å². The molecule has 0 aliphatic carbocycles. The largest absolute Gasteiger partial charge is 3.00 e. The van der Waals surface area contributed by atoms with Crippen molar-refractivity contribution < 1.29 is 33.5 Å². The van der Waals surface area contributed by atoms with Crippen LogP contribution in [-0.4, -0.2) is 17.4 Å². The summed E-state index contributed by atoms with van der Waals surface area (Å²) >= 11 is 0. The number of hydrogen-bond donors (Lipinski definition) is 0. The molecule has 0 saturated heterocycles. The molecule has 0 spiro atoms. The Labute approximate surface area is 51.3 Å². The second-order valence-electron chi connectivity index (χ2n) is 0. The monoisotopic (exact) mass is 131 g/mol. The van der Waals surface area contributed by atoms with Gasteiger partial charge in [-0.3, -0.25) is 0 Å². The van der Waals surface area contributed by atoms with Gasteiger partial charge >= 0.3 is 34.4 Å². The second kappa shape index (κ2) is 87.8. The van der Waals surface area contributed by atoms with Gasteiger partial charge in [-0.1, -0.05) is 0 Å². The molecule has 0 aromatic heterocycles. The van der Waals surface area contributed by atoms with Gasteiger partial charge in [-0.15, -0.1) is 0 Å². The third-order valence-corrected chi connectivity index (χ3v) is 0. The Hall–Kier alpha value is 0.932. The van der Waals surface area contributed by atoms with Crippen molar-refractivity contribution >= 4 is 17.4 Å². The zero-order chi connectivity index (χ0) is 0. The van der Waals surface area contributed by atoms with Gasteiger partial charge in [0.2, 0.25) is 0 Å². The smallest absolute Gasteiger partial charge is 2.00 e. The van der Waals surface area contributed by atoms with Crippen LogP contribution in [0.3, 0.4) is 0 Å². The molecule has 1 radical (unpaired) electrons. The quantitative estimate of drug-likeness (QED) is 0.387. The first-order valence-electron chi connectivity index (χ1n) is 0. The summed E-state index contributed by atoms with van der Waals surface area (Å²) in [5, 5.41) is 0. The van der Waals surface area contributed by atoms with Crippen molar-refractivity contribution in [1.29, 1.82) is 0 Å². The molecule has 0 aliphatic rings. The number of hydrogen-bond acceptors (Lipinski definition) is 0. The molecule has 0 rings (SSSR count). The van der Waals surface area contributed by atoms with Crippen LogP contribution in [0.25, 0.3) is 0 Å². The van der Waals surface area contributed by atoms with E-state index in [2.05, 4.69) is 0 Å². The van der Waals surface area contributed by atoms with Crippen molar-refractivity contribution in [2.45, 2.75) is 0 Å². The Morgan fingerprint density at radius 1 is 0.600 bits per heavy atom. The second-order valence-corrected chi connectivity index (χ2v) is 0. The van der Waals surface area contributed by atoms with Crippen molar-refractivity contribution in [3.8, 4) is 0 Å². The van der Waals surface area contributed by atoms with Crippen LogP contribution in [0.5, 0.6) is 0 Å². The van der Waals surface area contributed by atoms with E-state index in [1.54, 1.807) is 0 Å². The van der Waals surface area contributed by atoms with Gasteiger partial charge in [0.1, 0.15) is 0 Å². The van der Waals surface area contributed by atoms with E-state index in [-0.39, 0.29) is 50.9 Å². The summed E-state index contributed by atoms with van der Waals surface area (Å²) in [4.78, 5) is 0. The molecule has 0 heterocycles. The molecule has 0 N–H and O–H groups in total. The average molecular weight is 131 g/mol. The van der Waals surface area contributed by atoms with Crippen LogP contribution >= 0.6 is 0 Å². The fraction of sp³-hybridized carbons (Fsp3) is 0. The average Bonchev–Trinajstić information content (AvgIpc) is 0. The van der Waals surface area contributed by atoms with Crippen LogP contribution in [-0.2, 0) is 33.5 Å². The maximum atomic E-state index is 0. The van der Waals surface area contributed by atoms with Crippen molar-refractivity contribution in [2.75, 3.05) is 0 Å². The molecule has 5 heteroatoms. The molecule has 0 bridgehead atoms. The summed E-state index contributed by atoms with van der Waals surface area (Å²) in [6.07, 6.45) is 0. The molecule has 0 atom stereocenters. The third kappa shape index (κ3) is 48.8. The molecule has 0 saturated carbocycles. The first kappa shape index (κ1) is 166. The maximum absolute atomic E-state index is 0. The first-order chi connectivity index (χ1) is 0. The van der Waals surface area contributed by atoms with Gasteiger partial charge in [0.05, 0.1) is 0 Å². The van der Waals surface area contributed by atoms with E-state index < -0.39 is 0 Å². The van der Waals surface area contributed by atoms with Gasteiger partial charge in [0, 0.05) is 0 Å². The Morgan fingerprint density at radius 2 is 0.600 bits per heavy atom. The van der Waals surface area contributed by atoms with E-state index in [4.69, 9.17) is 0 Å². The van der Waals surface area contributed by atoms with Crippen LogP contribution in [0.15, 0.2) is 0 Å². The van der Waals surface area contributed by atoms with Crippen LogP contribution in [0.2, 0.25) is 0 Å². The van der Waals surface area contributed by atoms with Gasteiger partial charge < -0.3 is 16.4 Å². The van der Waals surface area contributed by atoms with Crippen LogP contribution in [0, 0.1) is 0 Å². The predicted molar refractivity (Wildman–Crippen MR) is 7.81 cm³/mol. The number of rotatable bonds is 0. The van der Waals surface area contributed by atoms with Gasteiger partial charge in [0.25, 0.3) is 0 Å². The van der Waals surface area contributed by atoms with Crippen molar-refractivity contribution in [2.24, 2.45) is 0 Å². The van der Waals surface area contributed by atoms with Gasteiger partial charge in [-0.05, 0) is 0 Å². The van der Waals surface area contributed by atoms with Gasteiger partial charge in [-0.2, -0.15) is 0 Å². The van der Waals surface area contributed by atoms with Crippen molar-refractivity contribution in [1.82, 2.24) is 0 Å². The fourth-order valence-corrected chi connectivity index (χ4v) is 0. The van der Waals surface area contributed by atoms with Gasteiger partial charge in [0.15, 0.2) is 0 Å². The van der Waals surface area contributed by atoms with E-state index in [1.165, 1.54) is 0 Å². The fourth-order valence-electron chi connectivity index (χ4n) is 0. The molecular formula is AlFeO3. The molecule has 0 aliphatic heterocycles. The topological polar surface area (TPSA) is 85.5 Å². The summed E-state index contributed by atoms with van der Waals surface area (Å²) in [5.41, 5.74) is 0. The molecule has 3 nitrogen and oxygen atoms in total. The van der Waals surface area contributed by atoms with E-state index in [1.807, 2.05) is 0 Å². The van der Waals surface area contributed by atoms with Crippen molar-refractivity contribution in [3.05, 3.63) is 0 Å². The Balaban J connectivity index is 0. The van der Waals surface area contributed by atoms with Crippen LogP contribution in [0.4, 0.5) is 0 Å². The van der Waals surface area contributed by atoms with Gasteiger partial charge in [-0.25, -0.2) is 0 Å². The van der Waals surface area contributed by atoms with E-state index >= 15 is 0 Å². The molecule has 0 amide bonds. The zero-order valence-electron chi connectivity index (χ0n) is 2.16. The van der Waals surface area contributed by atoms with Crippen LogP contribution < -0.4 is 0 Å². The minimum absolute atomic E-state index is 0. The van der Waals surface area contributed by atoms with Crippen molar-refractivity contribution in [3.63, 3.8) is 0 Å². The standard InChI is InChI=1S/Al.Fe.3O/q2*+3;3*-2. The first-order valence-corrected chi connectivity index (χ1v) is 0. The summed E-state index contributed by atoms with van der Waals surface area (Å²) in [7, 11) is 0. The third-order valence-electron chi connectivity index (χ3n) is 0. The molecule has 0 fully saturated rings. The normalized spacial score (nSPS) is 0. The SMILES string of the molecule is [Al+3].[Fe+3].[O-2].[O-2].[O-2]. The summed E-state index contributed by atoms with van der Waals surface area (Å²) in [6.45, 7) is 0. The maximum Gasteiger partial charge on any atom is 3.00 e. The van der Waals surface area contributed by atoms with E-state index in [0.717, 1.165) is 0 Å². The van der Waals surface area contributed by atoms with E-state index in [0.29, 0.717) is 0 Å².